The van der Waals surface area contributed by atoms with E-state index in [9.17, 15) is 17.3 Å². The van der Waals surface area contributed by atoms with E-state index in [4.69, 9.17) is 0 Å². The number of halogens is 4. The molecule has 0 atom stereocenters. The van der Waals surface area contributed by atoms with E-state index in [2.05, 4.69) is 27.7 Å². The van der Waals surface area contributed by atoms with Crippen LogP contribution in [0.2, 0.25) is 0 Å². The van der Waals surface area contributed by atoms with Gasteiger partial charge in [-0.2, -0.15) is 0 Å². The SMILES string of the molecule is CCCCCCCCCCCC[N+](CCCC)(CCCC)CCCC.F[B-](F)(F)F. The summed E-state index contributed by atoms with van der Waals surface area (Å²) in [6, 6.07) is 0. The first-order chi connectivity index (χ1) is 14.2. The molecule has 184 valence electrons. The summed E-state index contributed by atoms with van der Waals surface area (Å²) >= 11 is 0. The van der Waals surface area contributed by atoms with Gasteiger partial charge < -0.3 is 21.7 Å². The third-order valence-corrected chi connectivity index (χ3v) is 5.94. The van der Waals surface area contributed by atoms with Gasteiger partial charge in [-0.15, -0.1) is 0 Å². The highest BCUT2D eigenvalue weighted by Crippen LogP contribution is 2.18. The molecule has 30 heavy (non-hydrogen) atoms. The Kier molecular flexibility index (Phi) is 23.4. The molecule has 0 saturated carbocycles. The van der Waals surface area contributed by atoms with E-state index in [0.717, 1.165) is 0 Å². The van der Waals surface area contributed by atoms with Gasteiger partial charge in [0.25, 0.3) is 0 Å². The maximum absolute atomic E-state index is 9.75. The van der Waals surface area contributed by atoms with Gasteiger partial charge in [-0.3, -0.25) is 0 Å². The first kappa shape index (κ1) is 31.9. The molecule has 0 N–H and O–H groups in total. The second-order valence-corrected chi connectivity index (χ2v) is 8.97. The largest absolute Gasteiger partial charge is 0.673 e. The van der Waals surface area contributed by atoms with Crippen LogP contribution in [0.25, 0.3) is 0 Å². The lowest BCUT2D eigenvalue weighted by Gasteiger charge is -2.39. The highest BCUT2D eigenvalue weighted by atomic mass is 19.5. The molecule has 0 spiro atoms. The summed E-state index contributed by atoms with van der Waals surface area (Å²) in [4.78, 5) is 0. The lowest BCUT2D eigenvalue weighted by Crippen LogP contribution is -2.50. The standard InChI is InChI=1S/C24H52N.BF4/c1-5-9-13-14-15-16-17-18-19-20-24-25(21-10-6-2,22-11-7-3)23-12-8-4;2-1(3,4)5/h5-24H2,1-4H3;/q+1;-1. The highest BCUT2D eigenvalue weighted by Gasteiger charge is 2.25. The normalized spacial score (nSPS) is 12.0. The summed E-state index contributed by atoms with van der Waals surface area (Å²) in [5.41, 5.74) is 0. The summed E-state index contributed by atoms with van der Waals surface area (Å²) in [5.74, 6) is 0. The molecule has 0 amide bonds. The van der Waals surface area contributed by atoms with Crippen molar-refractivity contribution in [1.82, 2.24) is 0 Å². The molecule has 0 aliphatic heterocycles. The molecule has 0 rings (SSSR count). The molecule has 0 aliphatic carbocycles. The van der Waals surface area contributed by atoms with Crippen molar-refractivity contribution in [2.75, 3.05) is 26.2 Å². The molecule has 6 heteroatoms. The zero-order valence-electron chi connectivity index (χ0n) is 20.7. The zero-order valence-corrected chi connectivity index (χ0v) is 20.7. The van der Waals surface area contributed by atoms with Crippen LogP contribution in [0.1, 0.15) is 130 Å². The van der Waals surface area contributed by atoms with Crippen molar-refractivity contribution in [3.05, 3.63) is 0 Å². The fourth-order valence-electron chi connectivity index (χ4n) is 4.09. The average Bonchev–Trinajstić information content (AvgIpc) is 2.69. The summed E-state index contributed by atoms with van der Waals surface area (Å²) in [5, 5.41) is 0. The summed E-state index contributed by atoms with van der Waals surface area (Å²) in [6.45, 7) is 15.1. The Labute approximate surface area is 186 Å². The Balaban J connectivity index is 0. The second-order valence-electron chi connectivity index (χ2n) is 8.97. The zero-order chi connectivity index (χ0) is 23.1. The molecule has 0 unspecified atom stereocenters. The van der Waals surface area contributed by atoms with Crippen LogP contribution in [-0.4, -0.2) is 37.9 Å². The van der Waals surface area contributed by atoms with Crippen molar-refractivity contribution < 1.29 is 21.7 Å². The Morgan fingerprint density at radius 1 is 0.400 bits per heavy atom. The Bertz CT molecular complexity index is 310. The molecule has 0 heterocycles. The maximum Gasteiger partial charge on any atom is 0.673 e. The van der Waals surface area contributed by atoms with Crippen LogP contribution in [0.4, 0.5) is 17.3 Å². The van der Waals surface area contributed by atoms with Gasteiger partial charge in [-0.05, 0) is 32.1 Å². The first-order valence-corrected chi connectivity index (χ1v) is 13.0. The van der Waals surface area contributed by atoms with Crippen LogP contribution in [-0.2, 0) is 0 Å². The molecule has 0 aliphatic rings. The van der Waals surface area contributed by atoms with E-state index in [1.54, 1.807) is 0 Å². The molecule has 0 bridgehead atoms. The van der Waals surface area contributed by atoms with E-state index in [1.807, 2.05) is 0 Å². The van der Waals surface area contributed by atoms with Crippen LogP contribution in [0.15, 0.2) is 0 Å². The van der Waals surface area contributed by atoms with Crippen molar-refractivity contribution >= 4 is 7.25 Å². The quantitative estimate of drug-likeness (QED) is 0.0764. The van der Waals surface area contributed by atoms with Crippen LogP contribution in [0, 0.1) is 0 Å². The van der Waals surface area contributed by atoms with Crippen molar-refractivity contribution in [3.8, 4) is 0 Å². The van der Waals surface area contributed by atoms with Crippen LogP contribution >= 0.6 is 0 Å². The smallest absolute Gasteiger partial charge is 0.418 e. The Morgan fingerprint density at radius 3 is 0.933 bits per heavy atom. The van der Waals surface area contributed by atoms with E-state index in [1.165, 1.54) is 133 Å². The van der Waals surface area contributed by atoms with Crippen molar-refractivity contribution in [1.29, 1.82) is 0 Å². The van der Waals surface area contributed by atoms with E-state index in [0.29, 0.717) is 0 Å². The van der Waals surface area contributed by atoms with Gasteiger partial charge in [0.15, 0.2) is 0 Å². The molecule has 0 aromatic carbocycles. The van der Waals surface area contributed by atoms with Crippen molar-refractivity contribution in [2.45, 2.75) is 130 Å². The average molecular weight is 441 g/mol. The lowest BCUT2D eigenvalue weighted by atomic mass is 10.1. The van der Waals surface area contributed by atoms with Crippen molar-refractivity contribution in [2.24, 2.45) is 0 Å². The first-order valence-electron chi connectivity index (χ1n) is 13.0. The van der Waals surface area contributed by atoms with Crippen LogP contribution in [0.3, 0.4) is 0 Å². The van der Waals surface area contributed by atoms with Gasteiger partial charge in [0.05, 0.1) is 26.2 Å². The monoisotopic (exact) mass is 441 g/mol. The van der Waals surface area contributed by atoms with E-state index >= 15 is 0 Å². The molecule has 0 fully saturated rings. The number of nitrogens with zero attached hydrogens (tertiary/aromatic N) is 1. The summed E-state index contributed by atoms with van der Waals surface area (Å²) in [6.07, 6.45) is 22.9. The fourth-order valence-corrected chi connectivity index (χ4v) is 4.09. The van der Waals surface area contributed by atoms with E-state index in [-0.39, 0.29) is 0 Å². The topological polar surface area (TPSA) is 0 Å². The molecule has 0 radical (unpaired) electrons. The van der Waals surface area contributed by atoms with E-state index < -0.39 is 7.25 Å². The second kappa shape index (κ2) is 22.0. The maximum atomic E-state index is 9.75. The third-order valence-electron chi connectivity index (χ3n) is 5.94. The molecule has 0 saturated heterocycles. The summed E-state index contributed by atoms with van der Waals surface area (Å²) in [7, 11) is -6.00. The molecular weight excluding hydrogens is 389 g/mol. The number of rotatable bonds is 20. The number of quaternary nitrogens is 1. The summed E-state index contributed by atoms with van der Waals surface area (Å²) < 4.78 is 40.4. The minimum Gasteiger partial charge on any atom is -0.418 e. The van der Waals surface area contributed by atoms with Gasteiger partial charge in [0.2, 0.25) is 0 Å². The van der Waals surface area contributed by atoms with Gasteiger partial charge in [-0.25, -0.2) is 0 Å². The Morgan fingerprint density at radius 2 is 0.633 bits per heavy atom. The van der Waals surface area contributed by atoms with Gasteiger partial charge in [0, 0.05) is 0 Å². The molecule has 1 nitrogen and oxygen atoms in total. The third kappa shape index (κ3) is 25.8. The number of unbranched alkanes of at least 4 members (excludes halogenated alkanes) is 12. The van der Waals surface area contributed by atoms with Gasteiger partial charge in [0.1, 0.15) is 0 Å². The molecular formula is C24H52BF4N. The minimum absolute atomic E-state index is 1.36. The highest BCUT2D eigenvalue weighted by molar-refractivity contribution is 6.50. The fraction of sp³-hybridized carbons (Fsp3) is 1.00. The van der Waals surface area contributed by atoms with Gasteiger partial charge in [-0.1, -0.05) is 98.3 Å². The Hall–Kier alpha value is -0.255. The van der Waals surface area contributed by atoms with Crippen LogP contribution < -0.4 is 0 Å². The minimum atomic E-state index is -6.00. The predicted molar refractivity (Wildman–Crippen MR) is 126 cm³/mol. The lowest BCUT2D eigenvalue weighted by molar-refractivity contribution is -0.929. The van der Waals surface area contributed by atoms with Crippen LogP contribution in [0.5, 0.6) is 0 Å². The number of hydrogen-bond acceptors (Lipinski definition) is 0. The van der Waals surface area contributed by atoms with Crippen molar-refractivity contribution in [3.63, 3.8) is 0 Å². The molecule has 0 aromatic heterocycles. The number of hydrogen-bond donors (Lipinski definition) is 0. The molecule has 0 aromatic rings. The predicted octanol–water partition coefficient (Wildman–Crippen LogP) is 9.42. The van der Waals surface area contributed by atoms with Gasteiger partial charge >= 0.3 is 7.25 Å².